The second kappa shape index (κ2) is 9.68. The molecule has 0 aliphatic rings. The summed E-state index contributed by atoms with van der Waals surface area (Å²) in [7, 11) is 5.52. The topological polar surface area (TPSA) is 36.9 Å². The van der Waals surface area contributed by atoms with Crippen molar-refractivity contribution >= 4 is 41.3 Å². The van der Waals surface area contributed by atoms with E-state index in [1.165, 1.54) is 5.56 Å². The van der Waals surface area contributed by atoms with Crippen molar-refractivity contribution in [3.63, 3.8) is 0 Å². The van der Waals surface area contributed by atoms with Gasteiger partial charge in [-0.1, -0.05) is 18.2 Å². The van der Waals surface area contributed by atoms with Gasteiger partial charge in [0.15, 0.2) is 5.96 Å². The van der Waals surface area contributed by atoms with Gasteiger partial charge in [0.25, 0.3) is 0 Å². The molecule has 1 aromatic heterocycles. The van der Waals surface area contributed by atoms with Gasteiger partial charge in [0.2, 0.25) is 0 Å². The summed E-state index contributed by atoms with van der Waals surface area (Å²) in [5.74, 6) is 1.77. The molecule has 0 fully saturated rings. The molecule has 1 N–H and O–H groups in total. The molecular weight excluding hydrogens is 409 g/mol. The van der Waals surface area contributed by atoms with Crippen LogP contribution in [0, 0.1) is 0 Å². The number of rotatable bonds is 5. The molecule has 0 spiro atoms. The number of methoxy groups -OCH3 is 1. The summed E-state index contributed by atoms with van der Waals surface area (Å²) in [5.41, 5.74) is 2.41. The maximum Gasteiger partial charge on any atom is 0.193 e. The Bertz CT molecular complexity index is 587. The third-order valence-corrected chi connectivity index (χ3v) is 3.94. The monoisotopic (exact) mass is 431 g/mol. The maximum atomic E-state index is 5.39. The zero-order chi connectivity index (χ0) is 15.1. The van der Waals surface area contributed by atoms with Crippen molar-refractivity contribution < 1.29 is 4.74 Å². The van der Waals surface area contributed by atoms with Crippen LogP contribution in [0.5, 0.6) is 5.75 Å². The van der Waals surface area contributed by atoms with Crippen LogP contribution in [0.25, 0.3) is 0 Å². The van der Waals surface area contributed by atoms with Gasteiger partial charge < -0.3 is 15.0 Å². The highest BCUT2D eigenvalue weighted by Crippen LogP contribution is 2.18. The summed E-state index contributed by atoms with van der Waals surface area (Å²) in [6.45, 7) is 1.53. The Morgan fingerprint density at radius 3 is 2.73 bits per heavy atom. The molecule has 0 radical (unpaired) electrons. The first-order valence-electron chi connectivity index (χ1n) is 6.79. The van der Waals surface area contributed by atoms with Gasteiger partial charge in [-0.25, -0.2) is 0 Å². The van der Waals surface area contributed by atoms with Crippen molar-refractivity contribution in [3.8, 4) is 5.75 Å². The average molecular weight is 431 g/mol. The van der Waals surface area contributed by atoms with Crippen molar-refractivity contribution in [2.45, 2.75) is 13.1 Å². The molecule has 4 nitrogen and oxygen atoms in total. The van der Waals surface area contributed by atoms with Crippen LogP contribution in [0.4, 0.5) is 0 Å². The smallest absolute Gasteiger partial charge is 0.193 e. The Kier molecular flexibility index (Phi) is 8.26. The highest BCUT2D eigenvalue weighted by Gasteiger charge is 2.09. The Balaban J connectivity index is 0.00000242. The maximum absolute atomic E-state index is 5.39. The summed E-state index contributed by atoms with van der Waals surface area (Å²) in [6.07, 6.45) is 0. The van der Waals surface area contributed by atoms with Gasteiger partial charge in [-0.2, -0.15) is 11.3 Å². The normalized spacial score (nSPS) is 10.8. The summed E-state index contributed by atoms with van der Waals surface area (Å²) < 4.78 is 5.39. The molecule has 2 aromatic rings. The number of aliphatic imine (C=N–C) groups is 1. The van der Waals surface area contributed by atoms with Crippen LogP contribution in [-0.4, -0.2) is 32.1 Å². The van der Waals surface area contributed by atoms with E-state index in [2.05, 4.69) is 38.1 Å². The lowest BCUT2D eigenvalue weighted by Crippen LogP contribution is -2.38. The molecule has 0 atom stereocenters. The van der Waals surface area contributed by atoms with E-state index in [0.717, 1.165) is 30.4 Å². The predicted octanol–water partition coefficient (Wildman–Crippen LogP) is 3.58. The Morgan fingerprint density at radius 1 is 1.32 bits per heavy atom. The van der Waals surface area contributed by atoms with E-state index in [4.69, 9.17) is 4.74 Å². The molecule has 0 saturated heterocycles. The lowest BCUT2D eigenvalue weighted by atomic mass is 10.2. The SMILES string of the molecule is CN=C(NCc1ccsc1)N(C)Cc1ccccc1OC.I. The second-order valence-electron chi connectivity index (χ2n) is 4.70. The molecule has 1 aromatic carbocycles. The van der Waals surface area contributed by atoms with Crippen molar-refractivity contribution in [2.75, 3.05) is 21.2 Å². The molecule has 0 amide bonds. The van der Waals surface area contributed by atoms with Crippen LogP contribution in [0.1, 0.15) is 11.1 Å². The first kappa shape index (κ1) is 18.8. The molecule has 0 aliphatic heterocycles. The Labute approximate surface area is 153 Å². The summed E-state index contributed by atoms with van der Waals surface area (Å²) >= 11 is 1.70. The number of guanidine groups is 1. The van der Waals surface area contributed by atoms with Crippen molar-refractivity contribution in [2.24, 2.45) is 4.99 Å². The van der Waals surface area contributed by atoms with Crippen LogP contribution in [0.2, 0.25) is 0 Å². The molecule has 0 aliphatic carbocycles. The van der Waals surface area contributed by atoms with E-state index >= 15 is 0 Å². The number of ether oxygens (including phenoxy) is 1. The number of para-hydroxylation sites is 1. The highest BCUT2D eigenvalue weighted by atomic mass is 127. The van der Waals surface area contributed by atoms with E-state index in [-0.39, 0.29) is 24.0 Å². The summed E-state index contributed by atoms with van der Waals surface area (Å²) in [5, 5.41) is 7.59. The lowest BCUT2D eigenvalue weighted by molar-refractivity contribution is 0.396. The fourth-order valence-corrected chi connectivity index (χ4v) is 2.79. The van der Waals surface area contributed by atoms with E-state index in [0.29, 0.717) is 0 Å². The van der Waals surface area contributed by atoms with Gasteiger partial charge >= 0.3 is 0 Å². The zero-order valence-electron chi connectivity index (χ0n) is 13.1. The molecule has 22 heavy (non-hydrogen) atoms. The van der Waals surface area contributed by atoms with Gasteiger partial charge in [-0.05, 0) is 28.5 Å². The number of nitrogens with zero attached hydrogens (tertiary/aromatic N) is 2. The third kappa shape index (κ3) is 5.17. The molecule has 0 unspecified atom stereocenters. The van der Waals surface area contributed by atoms with Crippen LogP contribution < -0.4 is 10.1 Å². The van der Waals surface area contributed by atoms with E-state index < -0.39 is 0 Å². The number of thiophene rings is 1. The highest BCUT2D eigenvalue weighted by molar-refractivity contribution is 14.0. The number of halogens is 1. The molecule has 0 saturated carbocycles. The third-order valence-electron chi connectivity index (χ3n) is 3.20. The van der Waals surface area contributed by atoms with Crippen LogP contribution in [-0.2, 0) is 13.1 Å². The Hall–Kier alpha value is -1.28. The van der Waals surface area contributed by atoms with Gasteiger partial charge in [-0.3, -0.25) is 4.99 Å². The van der Waals surface area contributed by atoms with Gasteiger partial charge in [0, 0.05) is 32.7 Å². The number of hydrogen-bond acceptors (Lipinski definition) is 3. The van der Waals surface area contributed by atoms with Gasteiger partial charge in [0.05, 0.1) is 7.11 Å². The standard InChI is InChI=1S/C16H21N3OS.HI/c1-17-16(18-10-13-8-9-21-12-13)19(2)11-14-6-4-5-7-15(14)20-3;/h4-9,12H,10-11H2,1-3H3,(H,17,18);1H. The van der Waals surface area contributed by atoms with Crippen molar-refractivity contribution in [3.05, 3.63) is 52.2 Å². The number of benzene rings is 1. The average Bonchev–Trinajstić information content (AvgIpc) is 3.02. The molecular formula is C16H22IN3OS. The predicted molar refractivity (Wildman–Crippen MR) is 104 cm³/mol. The van der Waals surface area contributed by atoms with Crippen LogP contribution >= 0.6 is 35.3 Å². The molecule has 2 rings (SSSR count). The largest absolute Gasteiger partial charge is 0.496 e. The van der Waals surface area contributed by atoms with Crippen molar-refractivity contribution in [1.82, 2.24) is 10.2 Å². The Morgan fingerprint density at radius 2 is 2.09 bits per heavy atom. The minimum absolute atomic E-state index is 0. The molecule has 6 heteroatoms. The summed E-state index contributed by atoms with van der Waals surface area (Å²) in [6, 6.07) is 10.2. The fourth-order valence-electron chi connectivity index (χ4n) is 2.12. The first-order valence-corrected chi connectivity index (χ1v) is 7.73. The quantitative estimate of drug-likeness (QED) is 0.447. The summed E-state index contributed by atoms with van der Waals surface area (Å²) in [4.78, 5) is 6.42. The lowest BCUT2D eigenvalue weighted by Gasteiger charge is -2.23. The van der Waals surface area contributed by atoms with Gasteiger partial charge in [-0.15, -0.1) is 24.0 Å². The van der Waals surface area contributed by atoms with Crippen LogP contribution in [0.3, 0.4) is 0 Å². The van der Waals surface area contributed by atoms with Crippen molar-refractivity contribution in [1.29, 1.82) is 0 Å². The minimum Gasteiger partial charge on any atom is -0.496 e. The van der Waals surface area contributed by atoms with Crippen LogP contribution in [0.15, 0.2) is 46.1 Å². The van der Waals surface area contributed by atoms with E-state index in [9.17, 15) is 0 Å². The van der Waals surface area contributed by atoms with E-state index in [1.807, 2.05) is 25.2 Å². The van der Waals surface area contributed by atoms with E-state index in [1.54, 1.807) is 25.5 Å². The molecule has 0 bridgehead atoms. The second-order valence-corrected chi connectivity index (χ2v) is 5.48. The number of nitrogens with one attached hydrogen (secondary N) is 1. The van der Waals surface area contributed by atoms with Gasteiger partial charge in [0.1, 0.15) is 5.75 Å². The minimum atomic E-state index is 0. The fraction of sp³-hybridized carbons (Fsp3) is 0.312. The molecule has 120 valence electrons. The molecule has 1 heterocycles. The first-order chi connectivity index (χ1) is 10.2. The number of hydrogen-bond donors (Lipinski definition) is 1. The zero-order valence-corrected chi connectivity index (χ0v) is 16.2.